The molecule has 4 amide bonds. The highest BCUT2D eigenvalue weighted by atomic mass is 35.5. The Bertz CT molecular complexity index is 3550. The minimum Gasteiger partial charge on any atom is -0.481 e. The van der Waals surface area contributed by atoms with Crippen LogP contribution in [0.3, 0.4) is 0 Å². The number of rotatable bonds is 14. The predicted octanol–water partition coefficient (Wildman–Crippen LogP) is 12.7. The topological polar surface area (TPSA) is 264 Å². The van der Waals surface area contributed by atoms with Gasteiger partial charge in [-0.15, -0.1) is 12.4 Å². The number of amides is 4. The standard InChI is InChI=1S/C36H44Cl2FN3O5.C25H25Cl2FN2O3.C10H20N2O3.ClH/c1-21(44)42(14-15-43)19-24-6-4-22(20-47-24)16-29(45)26-18-35(11-9-34(2,3)10-12-35)36(30(26)25-8-13-40-32(38)31(25)39)27-7-5-23(37)17-28(27)41-33(36)46;1-23(2)6-8-24(9-7-23)12-15(21(31)32)18(14-5-10-29-20(27)19(14)28)25(24)16-4-3-13(26)11-17(16)30-22(25)33;1-8(14)12(4-5-13)6-10-3-2-9(11)7-15-10;/h5,7-8,13,17,22,24,26,30,43H,4,6,9-12,14-16,18-20H2,1-3H3,(H,41,46);3-5,10-11,15,18H,6-9,12H2,1-2H3,(H,30,33)(H,31,32);9-10,13H,2-7,11H2,1H3;1H/t22-,24-,26-,30-,36+;15-,18+,25?;9-,10+;/m011./s1. The number of pyridine rings is 2. The number of carbonyl (C=O) groups excluding carboxylic acids is 5. The van der Waals surface area contributed by atoms with E-state index in [4.69, 9.17) is 66.7 Å². The van der Waals surface area contributed by atoms with Crippen LogP contribution < -0.4 is 16.4 Å². The number of carbonyl (C=O) groups is 6. The largest absolute Gasteiger partial charge is 0.481 e. The van der Waals surface area contributed by atoms with Crippen molar-refractivity contribution < 1.29 is 62.3 Å². The van der Waals surface area contributed by atoms with E-state index in [9.17, 15) is 39.0 Å². The van der Waals surface area contributed by atoms with E-state index in [0.717, 1.165) is 63.4 Å². The molecule has 10 atom stereocenters. The first-order valence-corrected chi connectivity index (χ1v) is 34.8. The van der Waals surface area contributed by atoms with Gasteiger partial charge in [0.05, 0.1) is 55.4 Å². The SMILES string of the molecule is CC(=O)N(CCO)C[C@@H]1CC[C@@H](CC(=O)[C@@H]2CC3(CCC(C)(C)CC3)[C@@]3(C(=O)Nc4cc(Cl)ccc43)[C@H]2c2ccnc(Cl)c2F)CO1.CC(=O)N(CCO)C[C@@H]1CC[C@@H](N)CO1.CC1(C)CCC2(CC1)C[C@@H](C(=O)O)[C@H](c1ccnc(Cl)c1F)C21C(=O)Nc2cc(Cl)ccc21.Cl. The van der Waals surface area contributed by atoms with Crippen molar-refractivity contribution in [1.82, 2.24) is 19.8 Å². The molecule has 7 N–H and O–H groups in total. The van der Waals surface area contributed by atoms with E-state index in [-0.39, 0.29) is 131 Å². The van der Waals surface area contributed by atoms with Gasteiger partial charge in [-0.05, 0) is 176 Å². The molecule has 25 heteroatoms. The fourth-order valence-corrected chi connectivity index (χ4v) is 18.5. The molecule has 0 radical (unpaired) electrons. The first-order chi connectivity index (χ1) is 45.0. The maximum absolute atomic E-state index is 16.2. The molecule has 6 heterocycles. The van der Waals surface area contributed by atoms with Crippen molar-refractivity contribution in [2.75, 3.05) is 63.2 Å². The molecule has 18 nitrogen and oxygen atoms in total. The van der Waals surface area contributed by atoms with E-state index in [1.54, 1.807) is 46.2 Å². The molecule has 4 aliphatic heterocycles. The average molecular weight is 1430 g/mol. The zero-order valence-corrected chi connectivity index (χ0v) is 59.1. The highest BCUT2D eigenvalue weighted by Gasteiger charge is 2.74. The number of fused-ring (bicyclic) bond motifs is 6. The van der Waals surface area contributed by atoms with Gasteiger partial charge >= 0.3 is 5.97 Å². The summed E-state index contributed by atoms with van der Waals surface area (Å²) in [6.45, 7) is 14.2. The summed E-state index contributed by atoms with van der Waals surface area (Å²) in [4.78, 5) is 90.1. The second kappa shape index (κ2) is 30.0. The third-order valence-electron chi connectivity index (χ3n) is 22.8. The minimum atomic E-state index is -1.25. The van der Waals surface area contributed by atoms with Crippen LogP contribution in [0.4, 0.5) is 20.2 Å². The molecular formula is C71H90Cl5F2N7O11. The van der Waals surface area contributed by atoms with Crippen molar-refractivity contribution in [3.63, 3.8) is 0 Å². The number of ether oxygens (including phenoxy) is 2. The van der Waals surface area contributed by atoms with Gasteiger partial charge in [-0.1, -0.05) is 86.2 Å². The number of hydrogen-bond donors (Lipinski definition) is 6. The lowest BCUT2D eigenvalue weighted by atomic mass is 9.51. The van der Waals surface area contributed by atoms with Gasteiger partial charge in [0.25, 0.3) is 0 Å². The van der Waals surface area contributed by atoms with Crippen LogP contribution in [-0.4, -0.2) is 141 Å². The summed E-state index contributed by atoms with van der Waals surface area (Å²) in [5.41, 5.74) is 5.20. The van der Waals surface area contributed by atoms with Gasteiger partial charge in [0.2, 0.25) is 23.6 Å². The summed E-state index contributed by atoms with van der Waals surface area (Å²) in [7, 11) is 0. The highest BCUT2D eigenvalue weighted by molar-refractivity contribution is 6.32. The van der Waals surface area contributed by atoms with Gasteiger partial charge < -0.3 is 51.0 Å². The number of anilines is 2. The first-order valence-electron chi connectivity index (χ1n) is 33.3. The monoisotopic (exact) mass is 1430 g/mol. The van der Waals surface area contributed by atoms with Gasteiger partial charge in [0.15, 0.2) is 21.9 Å². The molecule has 4 aliphatic carbocycles. The molecule has 12 rings (SSSR count). The summed E-state index contributed by atoms with van der Waals surface area (Å²) < 4.78 is 43.3. The van der Waals surface area contributed by atoms with Crippen LogP contribution >= 0.6 is 58.8 Å². The summed E-state index contributed by atoms with van der Waals surface area (Å²) in [5, 5.41) is 34.9. The summed E-state index contributed by atoms with van der Waals surface area (Å²) in [6, 6.07) is 13.8. The van der Waals surface area contributed by atoms with Crippen molar-refractivity contribution >= 4 is 106 Å². The van der Waals surface area contributed by atoms with Gasteiger partial charge in [-0.3, -0.25) is 28.8 Å². The van der Waals surface area contributed by atoms with Gasteiger partial charge in [0.1, 0.15) is 5.78 Å². The second-order valence-corrected chi connectivity index (χ2v) is 31.0. The third kappa shape index (κ3) is 14.3. The summed E-state index contributed by atoms with van der Waals surface area (Å²) >= 11 is 25.0. The number of nitrogens with one attached hydrogen (secondary N) is 2. The highest BCUT2D eigenvalue weighted by Crippen LogP contribution is 2.74. The lowest BCUT2D eigenvalue weighted by Crippen LogP contribution is -2.52. The van der Waals surface area contributed by atoms with E-state index in [2.05, 4.69) is 48.3 Å². The molecule has 1 unspecified atom stereocenters. The number of hydrogen-bond acceptors (Lipinski definition) is 13. The normalized spacial score (nSPS) is 28.4. The number of nitrogens with zero attached hydrogens (tertiary/aromatic N) is 4. The fourth-order valence-electron chi connectivity index (χ4n) is 17.8. The van der Waals surface area contributed by atoms with Crippen molar-refractivity contribution in [3.8, 4) is 0 Å². The molecule has 2 aromatic heterocycles. The molecule has 524 valence electrons. The summed E-state index contributed by atoms with van der Waals surface area (Å²) in [6.07, 6.45) is 13.2. The lowest BCUT2D eigenvalue weighted by Gasteiger charge is -2.51. The number of benzene rings is 2. The Hall–Kier alpha value is -5.13. The van der Waals surface area contributed by atoms with Crippen LogP contribution in [0.25, 0.3) is 0 Å². The number of nitrogens with two attached hydrogens (primary N) is 1. The first kappa shape index (κ1) is 75.1. The number of aromatic nitrogens is 2. The fraction of sp³-hybridized carbons (Fsp3) is 0.606. The molecule has 6 fully saturated rings. The molecule has 4 spiro atoms. The molecule has 8 aliphatic rings. The van der Waals surface area contributed by atoms with E-state index in [1.165, 1.54) is 32.3 Å². The van der Waals surface area contributed by atoms with Crippen LogP contribution in [0.1, 0.15) is 172 Å². The van der Waals surface area contributed by atoms with Crippen molar-refractivity contribution in [2.24, 2.45) is 45.1 Å². The zero-order valence-electron chi connectivity index (χ0n) is 55.3. The molecule has 96 heavy (non-hydrogen) atoms. The van der Waals surface area contributed by atoms with Crippen molar-refractivity contribution in [1.29, 1.82) is 0 Å². The number of halogens is 7. The van der Waals surface area contributed by atoms with E-state index >= 15 is 8.78 Å². The lowest BCUT2D eigenvalue weighted by molar-refractivity contribution is -0.142. The number of aliphatic carboxylic acids is 1. The molecule has 0 bridgehead atoms. The number of Topliss-reactive ketones (excluding diaryl/α,β-unsaturated/α-hetero) is 1. The maximum atomic E-state index is 16.2. The molecular weight excluding hydrogens is 1340 g/mol. The summed E-state index contributed by atoms with van der Waals surface area (Å²) in [5.74, 6) is -6.51. The van der Waals surface area contributed by atoms with Crippen LogP contribution in [0.15, 0.2) is 60.9 Å². The molecule has 4 aromatic rings. The van der Waals surface area contributed by atoms with E-state index in [0.29, 0.717) is 85.5 Å². The molecule has 4 saturated carbocycles. The zero-order chi connectivity index (χ0) is 68.7. The van der Waals surface area contributed by atoms with E-state index < -0.39 is 62.9 Å². The van der Waals surface area contributed by atoms with Gasteiger partial charge in [-0.2, -0.15) is 0 Å². The van der Waals surface area contributed by atoms with Crippen LogP contribution in [0, 0.1) is 51.0 Å². The quantitative estimate of drug-likeness (QED) is 0.0642. The van der Waals surface area contributed by atoms with Crippen molar-refractivity contribution in [2.45, 2.75) is 179 Å². The predicted molar refractivity (Wildman–Crippen MR) is 366 cm³/mol. The van der Waals surface area contributed by atoms with Crippen LogP contribution in [0.5, 0.6) is 0 Å². The molecule has 2 aromatic carbocycles. The number of ketones is 1. The number of aliphatic hydroxyl groups is 2. The van der Waals surface area contributed by atoms with E-state index in [1.807, 2.05) is 6.07 Å². The maximum Gasteiger partial charge on any atom is 0.307 e. The van der Waals surface area contributed by atoms with Crippen molar-refractivity contribution in [3.05, 3.63) is 115 Å². The Morgan fingerprint density at radius 1 is 0.625 bits per heavy atom. The Morgan fingerprint density at radius 2 is 1.04 bits per heavy atom. The van der Waals surface area contributed by atoms with Crippen LogP contribution in [0.2, 0.25) is 20.4 Å². The average Bonchev–Trinajstić information content (AvgIpc) is 1.51. The number of aliphatic hydroxyl groups excluding tert-OH is 2. The van der Waals surface area contributed by atoms with Crippen LogP contribution in [-0.2, 0) is 49.1 Å². The molecule has 2 saturated heterocycles. The Kier molecular flexibility index (Phi) is 23.4. The Labute approximate surface area is 586 Å². The smallest absolute Gasteiger partial charge is 0.307 e. The number of carboxylic acids is 1. The Morgan fingerprint density at radius 3 is 1.43 bits per heavy atom. The van der Waals surface area contributed by atoms with Gasteiger partial charge in [0, 0.05) is 104 Å². The third-order valence-corrected chi connectivity index (χ3v) is 23.8. The minimum absolute atomic E-state index is 0. The van der Waals surface area contributed by atoms with Gasteiger partial charge in [-0.25, -0.2) is 18.7 Å². The Balaban J connectivity index is 0.000000191. The second-order valence-electron chi connectivity index (χ2n) is 29.5. The number of carboxylic acid groups (broad SMARTS) is 1.